The van der Waals surface area contributed by atoms with E-state index in [4.69, 9.17) is 0 Å². The van der Waals surface area contributed by atoms with Crippen LogP contribution in [0.2, 0.25) is 0 Å². The van der Waals surface area contributed by atoms with Crippen LogP contribution < -0.4 is 38.0 Å². The average molecular weight is 367 g/mol. The molecule has 0 unspecified atom stereocenters. The molecule has 0 aliphatic rings. The van der Waals surface area contributed by atoms with Gasteiger partial charge >= 0.3 is 0 Å². The third kappa shape index (κ3) is 22.4. The Morgan fingerprint density at radius 3 is 1.45 bits per heavy atom. The quantitative estimate of drug-likeness (QED) is 0.345. The summed E-state index contributed by atoms with van der Waals surface area (Å²) in [6.07, 6.45) is 3.85. The molecular weight excluding hydrogens is 334 g/mol. The Hall–Kier alpha value is 0.140. The van der Waals surface area contributed by atoms with Crippen molar-refractivity contribution in [3.8, 4) is 0 Å². The average Bonchev–Trinajstić information content (AvgIpc) is 2.18. The Kier molecular flexibility index (Phi) is 20.1. The van der Waals surface area contributed by atoms with Gasteiger partial charge in [-0.15, -0.1) is 0 Å². The summed E-state index contributed by atoms with van der Waals surface area (Å²) in [5.74, 6) is 0. The fourth-order valence-electron chi connectivity index (χ4n) is 1.79. The molecule has 0 aliphatic heterocycles. The normalized spacial score (nSPS) is 11.4. The highest BCUT2D eigenvalue weighted by Gasteiger charge is 2.08. The van der Waals surface area contributed by atoms with E-state index < -0.39 is 27.8 Å². The Balaban J connectivity index is -0.000000540. The molecule has 0 aromatic heterocycles. The van der Waals surface area contributed by atoms with Gasteiger partial charge in [0.1, 0.15) is 0 Å². The number of quaternary nitrogens is 3. The van der Waals surface area contributed by atoms with Crippen LogP contribution in [0.15, 0.2) is 0 Å². The topological polar surface area (TPSA) is 239 Å². The molecule has 0 aliphatic carbocycles. The molecule has 0 saturated heterocycles. The van der Waals surface area contributed by atoms with E-state index in [9.17, 15) is 28.7 Å². The van der Waals surface area contributed by atoms with Crippen molar-refractivity contribution in [2.45, 2.75) is 45.4 Å². The van der Waals surface area contributed by atoms with Crippen molar-refractivity contribution in [3.63, 3.8) is 0 Å². The summed E-state index contributed by atoms with van der Waals surface area (Å²) in [6, 6.07) is 0. The summed E-state index contributed by atoms with van der Waals surface area (Å²) < 4.78 is 21.3. The number of hydrogen-bond donors (Lipinski definition) is 3. The number of unbranched alkanes of at least 4 members (excludes halogenated alkanes) is 5. The van der Waals surface area contributed by atoms with Gasteiger partial charge in [0, 0.05) is 12.6 Å². The summed E-state index contributed by atoms with van der Waals surface area (Å²) in [4.78, 5) is 43.5. The first-order valence-electron chi connectivity index (χ1n) is 6.38. The SMILES string of the molecule is CCCCCCCCN(CP(=O)([O-])[O-])CP(=O)([O-])[O-].[NH4+].[NH4+].[NH4+]. The Morgan fingerprint density at radius 2 is 1.09 bits per heavy atom. The smallest absolute Gasteiger partial charge is 0.0264 e. The van der Waals surface area contributed by atoms with E-state index >= 15 is 0 Å². The van der Waals surface area contributed by atoms with Crippen LogP contribution >= 0.6 is 15.2 Å². The molecule has 0 rings (SSSR count). The molecule has 0 aromatic rings. The van der Waals surface area contributed by atoms with E-state index in [0.29, 0.717) is 6.42 Å². The van der Waals surface area contributed by atoms with Gasteiger partial charge in [-0.25, -0.2) is 0 Å². The van der Waals surface area contributed by atoms with Gasteiger partial charge in [-0.05, 0) is 13.0 Å². The molecular formula is C10H33N4O6P2-. The molecule has 0 heterocycles. The van der Waals surface area contributed by atoms with Crippen molar-refractivity contribution in [1.29, 1.82) is 0 Å². The van der Waals surface area contributed by atoms with E-state index in [1.54, 1.807) is 0 Å². The van der Waals surface area contributed by atoms with Gasteiger partial charge in [0.05, 0.1) is 0 Å². The second-order valence-electron chi connectivity index (χ2n) is 4.67. The second kappa shape index (κ2) is 14.7. The summed E-state index contributed by atoms with van der Waals surface area (Å²) in [5, 5.41) is 0. The van der Waals surface area contributed by atoms with E-state index in [1.807, 2.05) is 0 Å². The maximum atomic E-state index is 10.6. The fourth-order valence-corrected chi connectivity index (χ4v) is 3.41. The van der Waals surface area contributed by atoms with Crippen LogP contribution in [-0.4, -0.2) is 24.0 Å². The van der Waals surface area contributed by atoms with Gasteiger partial charge in [0.15, 0.2) is 0 Å². The van der Waals surface area contributed by atoms with Crippen molar-refractivity contribution in [2.75, 3.05) is 19.1 Å². The van der Waals surface area contributed by atoms with Gasteiger partial charge in [-0.2, -0.15) is 0 Å². The summed E-state index contributed by atoms with van der Waals surface area (Å²) in [5.41, 5.74) is 0. The minimum atomic E-state index is -4.85. The lowest BCUT2D eigenvalue weighted by Gasteiger charge is -2.41. The molecule has 0 saturated carbocycles. The van der Waals surface area contributed by atoms with E-state index in [2.05, 4.69) is 6.92 Å². The lowest BCUT2D eigenvalue weighted by atomic mass is 10.1. The first kappa shape index (κ1) is 30.1. The van der Waals surface area contributed by atoms with Crippen LogP contribution in [-0.2, 0) is 9.13 Å². The van der Waals surface area contributed by atoms with Gasteiger partial charge in [-0.3, -0.25) is 4.90 Å². The van der Waals surface area contributed by atoms with Gasteiger partial charge in [-0.1, -0.05) is 54.2 Å². The first-order chi connectivity index (χ1) is 8.64. The van der Waals surface area contributed by atoms with Crippen molar-refractivity contribution in [3.05, 3.63) is 0 Å². The zero-order valence-electron chi connectivity index (χ0n) is 14.2. The minimum absolute atomic E-state index is 0. The predicted molar refractivity (Wildman–Crippen MR) is 83.0 cm³/mol. The first-order valence-corrected chi connectivity index (χ1v) is 9.84. The van der Waals surface area contributed by atoms with E-state index in [0.717, 1.165) is 37.0 Å². The zero-order valence-corrected chi connectivity index (χ0v) is 15.9. The van der Waals surface area contributed by atoms with Crippen LogP contribution in [0.5, 0.6) is 0 Å². The van der Waals surface area contributed by atoms with Crippen LogP contribution in [0.25, 0.3) is 0 Å². The number of hydrogen-bond acceptors (Lipinski definition) is 7. The molecule has 0 radical (unpaired) electrons. The van der Waals surface area contributed by atoms with E-state index in [1.165, 1.54) is 0 Å². The molecule has 12 N–H and O–H groups in total. The van der Waals surface area contributed by atoms with Crippen molar-refractivity contribution in [2.24, 2.45) is 0 Å². The number of rotatable bonds is 11. The second-order valence-corrected chi connectivity index (χ2v) is 7.68. The molecule has 0 spiro atoms. The van der Waals surface area contributed by atoms with Crippen LogP contribution in [0.3, 0.4) is 0 Å². The molecule has 12 heteroatoms. The summed E-state index contributed by atoms with van der Waals surface area (Å²) in [6.45, 7) is 2.22. The summed E-state index contributed by atoms with van der Waals surface area (Å²) >= 11 is 0. The fraction of sp³-hybridized carbons (Fsp3) is 1.00. The lowest BCUT2D eigenvalue weighted by molar-refractivity contribution is -0.318. The van der Waals surface area contributed by atoms with Gasteiger partial charge in [0.2, 0.25) is 0 Å². The Labute approximate surface area is 132 Å². The molecule has 140 valence electrons. The maximum Gasteiger partial charge on any atom is 0.0264 e. The minimum Gasteiger partial charge on any atom is -0.810 e. The summed E-state index contributed by atoms with van der Waals surface area (Å²) in [7, 11) is -9.69. The van der Waals surface area contributed by atoms with Gasteiger partial charge in [0.25, 0.3) is 0 Å². The molecule has 0 atom stereocenters. The third-order valence-electron chi connectivity index (χ3n) is 2.57. The number of nitrogens with zero attached hydrogens (tertiary/aromatic N) is 1. The molecule has 22 heavy (non-hydrogen) atoms. The standard InChI is InChI=1S/C10H25NO6P2.3H3N/c1-2-3-4-5-6-7-8-11(9-18(12,13)14)10-19(15,16)17;;;/h2-10H2,1H3,(H2,12,13,14)(H2,15,16,17);3*1H3/p-1. The van der Waals surface area contributed by atoms with Crippen LogP contribution in [0.4, 0.5) is 0 Å². The zero-order chi connectivity index (χ0) is 14.9. The highest BCUT2D eigenvalue weighted by molar-refractivity contribution is 7.49. The van der Waals surface area contributed by atoms with Crippen molar-refractivity contribution >= 4 is 15.2 Å². The van der Waals surface area contributed by atoms with Crippen molar-refractivity contribution < 1.29 is 28.7 Å². The Morgan fingerprint density at radius 1 is 0.727 bits per heavy atom. The van der Waals surface area contributed by atoms with Crippen LogP contribution in [0.1, 0.15) is 45.4 Å². The highest BCUT2D eigenvalue weighted by atomic mass is 31.2. The molecule has 0 bridgehead atoms. The monoisotopic (exact) mass is 367 g/mol. The van der Waals surface area contributed by atoms with Crippen molar-refractivity contribution in [1.82, 2.24) is 23.4 Å². The Bertz CT molecular complexity index is 311. The molecule has 10 nitrogen and oxygen atoms in total. The van der Waals surface area contributed by atoms with Gasteiger partial charge < -0.3 is 47.2 Å². The molecule has 0 aromatic carbocycles. The highest BCUT2D eigenvalue weighted by Crippen LogP contribution is 2.30. The molecule has 0 amide bonds. The molecule has 0 fully saturated rings. The largest absolute Gasteiger partial charge is 0.810 e. The van der Waals surface area contributed by atoms with E-state index in [-0.39, 0.29) is 25.0 Å². The lowest BCUT2D eigenvalue weighted by Crippen LogP contribution is -2.36. The maximum absolute atomic E-state index is 10.6. The third-order valence-corrected chi connectivity index (χ3v) is 4.07. The van der Waals surface area contributed by atoms with Crippen LogP contribution in [0, 0.1) is 0 Å². The predicted octanol–water partition coefficient (Wildman–Crippen LogP) is 0.520.